The number of nitrogens with zero attached hydrogens (tertiary/aromatic N) is 1. The minimum Gasteiger partial charge on any atom is -0.391 e. The SMILES string of the molecule is CC(O)C1CN(Cc2ccccc2)CCO1.Cl. The van der Waals surface area contributed by atoms with Crippen LogP contribution in [0.5, 0.6) is 0 Å². The van der Waals surface area contributed by atoms with E-state index in [9.17, 15) is 5.11 Å². The fourth-order valence-corrected chi connectivity index (χ4v) is 2.01. The Labute approximate surface area is 109 Å². The fraction of sp³-hybridized carbons (Fsp3) is 0.538. The van der Waals surface area contributed by atoms with Gasteiger partial charge in [0.1, 0.15) is 0 Å². The molecule has 17 heavy (non-hydrogen) atoms. The van der Waals surface area contributed by atoms with Crippen LogP contribution in [0.2, 0.25) is 0 Å². The van der Waals surface area contributed by atoms with E-state index in [0.717, 1.165) is 19.6 Å². The van der Waals surface area contributed by atoms with E-state index < -0.39 is 6.10 Å². The first-order valence-electron chi connectivity index (χ1n) is 5.81. The summed E-state index contributed by atoms with van der Waals surface area (Å²) in [6.45, 7) is 5.19. The number of aliphatic hydroxyl groups is 1. The Morgan fingerprint density at radius 1 is 1.41 bits per heavy atom. The number of morpholine rings is 1. The second-order valence-electron chi connectivity index (χ2n) is 4.37. The zero-order valence-electron chi connectivity index (χ0n) is 10.1. The van der Waals surface area contributed by atoms with E-state index in [1.54, 1.807) is 6.92 Å². The molecule has 3 nitrogen and oxygen atoms in total. The summed E-state index contributed by atoms with van der Waals surface area (Å²) in [6.07, 6.45) is -0.434. The number of hydrogen-bond donors (Lipinski definition) is 1. The Bertz CT molecular complexity index is 318. The summed E-state index contributed by atoms with van der Waals surface area (Å²) in [4.78, 5) is 2.33. The quantitative estimate of drug-likeness (QED) is 0.895. The lowest BCUT2D eigenvalue weighted by Crippen LogP contribution is -2.46. The molecule has 0 spiro atoms. The van der Waals surface area contributed by atoms with Crippen molar-refractivity contribution < 1.29 is 9.84 Å². The van der Waals surface area contributed by atoms with Gasteiger partial charge in [-0.3, -0.25) is 4.90 Å². The normalized spacial score (nSPS) is 22.8. The average Bonchev–Trinajstić information content (AvgIpc) is 2.30. The number of hydrogen-bond acceptors (Lipinski definition) is 3. The monoisotopic (exact) mass is 257 g/mol. The number of halogens is 1. The van der Waals surface area contributed by atoms with E-state index in [1.807, 2.05) is 6.07 Å². The molecule has 0 amide bonds. The molecule has 0 saturated carbocycles. The number of benzene rings is 1. The Morgan fingerprint density at radius 3 is 2.76 bits per heavy atom. The highest BCUT2D eigenvalue weighted by atomic mass is 35.5. The molecule has 1 N–H and O–H groups in total. The molecule has 4 heteroatoms. The molecule has 1 aromatic rings. The van der Waals surface area contributed by atoms with Crippen molar-refractivity contribution in [1.82, 2.24) is 4.90 Å². The van der Waals surface area contributed by atoms with Gasteiger partial charge in [-0.1, -0.05) is 30.3 Å². The topological polar surface area (TPSA) is 32.7 Å². The van der Waals surface area contributed by atoms with Gasteiger partial charge < -0.3 is 9.84 Å². The molecular formula is C13H20ClNO2. The second kappa shape index (κ2) is 6.97. The van der Waals surface area contributed by atoms with Crippen molar-refractivity contribution in [2.24, 2.45) is 0 Å². The van der Waals surface area contributed by atoms with Crippen molar-refractivity contribution in [2.75, 3.05) is 19.7 Å². The summed E-state index contributed by atoms with van der Waals surface area (Å²) in [5, 5.41) is 9.51. The van der Waals surface area contributed by atoms with E-state index in [1.165, 1.54) is 5.56 Å². The van der Waals surface area contributed by atoms with Crippen molar-refractivity contribution in [3.05, 3.63) is 35.9 Å². The van der Waals surface area contributed by atoms with Crippen LogP contribution in [-0.2, 0) is 11.3 Å². The first-order chi connectivity index (χ1) is 7.75. The van der Waals surface area contributed by atoms with Crippen LogP contribution in [0.3, 0.4) is 0 Å². The van der Waals surface area contributed by atoms with Crippen LogP contribution >= 0.6 is 12.4 Å². The largest absolute Gasteiger partial charge is 0.391 e. The van der Waals surface area contributed by atoms with E-state index in [2.05, 4.69) is 29.2 Å². The zero-order chi connectivity index (χ0) is 11.4. The van der Waals surface area contributed by atoms with E-state index in [4.69, 9.17) is 4.74 Å². The molecule has 0 radical (unpaired) electrons. The predicted octanol–water partition coefficient (Wildman–Crippen LogP) is 1.69. The van der Waals surface area contributed by atoms with Gasteiger partial charge >= 0.3 is 0 Å². The van der Waals surface area contributed by atoms with Gasteiger partial charge in [-0.15, -0.1) is 12.4 Å². The van der Waals surface area contributed by atoms with Crippen molar-refractivity contribution >= 4 is 12.4 Å². The smallest absolute Gasteiger partial charge is 0.0958 e. The number of ether oxygens (including phenoxy) is 1. The minimum absolute atomic E-state index is 0. The molecule has 1 aromatic carbocycles. The van der Waals surface area contributed by atoms with Crippen LogP contribution in [0.25, 0.3) is 0 Å². The summed E-state index contributed by atoms with van der Waals surface area (Å²) in [7, 11) is 0. The van der Waals surface area contributed by atoms with Crippen LogP contribution in [0, 0.1) is 0 Å². The van der Waals surface area contributed by atoms with Crippen molar-refractivity contribution in [1.29, 1.82) is 0 Å². The maximum atomic E-state index is 9.51. The Balaban J connectivity index is 0.00000144. The lowest BCUT2D eigenvalue weighted by molar-refractivity contribution is -0.0845. The van der Waals surface area contributed by atoms with Crippen molar-refractivity contribution in [2.45, 2.75) is 25.7 Å². The first kappa shape index (κ1) is 14.5. The van der Waals surface area contributed by atoms with E-state index in [-0.39, 0.29) is 18.5 Å². The molecule has 2 unspecified atom stereocenters. The highest BCUT2D eigenvalue weighted by Crippen LogP contribution is 2.12. The van der Waals surface area contributed by atoms with Crippen LogP contribution < -0.4 is 0 Å². The molecule has 0 bridgehead atoms. The summed E-state index contributed by atoms with van der Waals surface area (Å²) < 4.78 is 5.52. The molecule has 1 saturated heterocycles. The van der Waals surface area contributed by atoms with Gasteiger partial charge in [-0.2, -0.15) is 0 Å². The molecule has 2 atom stereocenters. The highest BCUT2D eigenvalue weighted by molar-refractivity contribution is 5.85. The number of aliphatic hydroxyl groups excluding tert-OH is 1. The van der Waals surface area contributed by atoms with E-state index in [0.29, 0.717) is 6.61 Å². The van der Waals surface area contributed by atoms with Crippen molar-refractivity contribution in [3.8, 4) is 0 Å². The molecule has 1 heterocycles. The summed E-state index contributed by atoms with van der Waals surface area (Å²) in [5.41, 5.74) is 1.31. The maximum Gasteiger partial charge on any atom is 0.0958 e. The predicted molar refractivity (Wildman–Crippen MR) is 70.4 cm³/mol. The first-order valence-corrected chi connectivity index (χ1v) is 5.81. The van der Waals surface area contributed by atoms with E-state index >= 15 is 0 Å². The second-order valence-corrected chi connectivity index (χ2v) is 4.37. The van der Waals surface area contributed by atoms with Gasteiger partial charge in [-0.05, 0) is 12.5 Å². The van der Waals surface area contributed by atoms with Crippen LogP contribution in [0.4, 0.5) is 0 Å². The molecule has 2 rings (SSSR count). The zero-order valence-corrected chi connectivity index (χ0v) is 10.9. The van der Waals surface area contributed by atoms with Gasteiger partial charge in [0.05, 0.1) is 18.8 Å². The van der Waals surface area contributed by atoms with Gasteiger partial charge in [0.25, 0.3) is 0 Å². The molecule has 1 fully saturated rings. The fourth-order valence-electron chi connectivity index (χ4n) is 2.01. The standard InChI is InChI=1S/C13H19NO2.ClH/c1-11(15)13-10-14(7-8-16-13)9-12-5-3-2-4-6-12;/h2-6,11,13,15H,7-10H2,1H3;1H. The molecule has 1 aliphatic heterocycles. The van der Waals surface area contributed by atoms with Crippen molar-refractivity contribution in [3.63, 3.8) is 0 Å². The van der Waals surface area contributed by atoms with Gasteiger partial charge in [0.2, 0.25) is 0 Å². The molecule has 96 valence electrons. The lowest BCUT2D eigenvalue weighted by Gasteiger charge is -2.34. The molecule has 1 aliphatic rings. The third kappa shape index (κ3) is 4.28. The van der Waals surface area contributed by atoms with Crippen LogP contribution in [0.1, 0.15) is 12.5 Å². The molecular weight excluding hydrogens is 238 g/mol. The van der Waals surface area contributed by atoms with Gasteiger partial charge in [-0.25, -0.2) is 0 Å². The third-order valence-electron chi connectivity index (χ3n) is 2.96. The third-order valence-corrected chi connectivity index (χ3v) is 2.96. The Morgan fingerprint density at radius 2 is 2.12 bits per heavy atom. The maximum absolute atomic E-state index is 9.51. The van der Waals surface area contributed by atoms with Crippen LogP contribution in [-0.4, -0.2) is 41.9 Å². The highest BCUT2D eigenvalue weighted by Gasteiger charge is 2.23. The Kier molecular flexibility index (Phi) is 5.92. The number of rotatable bonds is 3. The van der Waals surface area contributed by atoms with Gasteiger partial charge in [0.15, 0.2) is 0 Å². The average molecular weight is 258 g/mol. The summed E-state index contributed by atoms with van der Waals surface area (Å²) >= 11 is 0. The Hall–Kier alpha value is -0.610. The summed E-state index contributed by atoms with van der Waals surface area (Å²) in [5.74, 6) is 0. The minimum atomic E-state index is -0.390. The summed E-state index contributed by atoms with van der Waals surface area (Å²) in [6, 6.07) is 10.4. The molecule has 0 aromatic heterocycles. The van der Waals surface area contributed by atoms with Gasteiger partial charge in [0, 0.05) is 19.6 Å². The molecule has 0 aliphatic carbocycles. The van der Waals surface area contributed by atoms with Crippen LogP contribution in [0.15, 0.2) is 30.3 Å². The lowest BCUT2D eigenvalue weighted by atomic mass is 10.1.